The van der Waals surface area contributed by atoms with Crippen LogP contribution in [0.4, 0.5) is 14.5 Å². The zero-order chi connectivity index (χ0) is 23.5. The summed E-state index contributed by atoms with van der Waals surface area (Å²) in [6.07, 6.45) is 2.26. The average Bonchev–Trinajstić information content (AvgIpc) is 3.00. The largest absolute Gasteiger partial charge is 0.315 e. The number of carbonyl (C=O) groups is 1. The van der Waals surface area contributed by atoms with Gasteiger partial charge >= 0.3 is 0 Å². The van der Waals surface area contributed by atoms with Gasteiger partial charge in [0.25, 0.3) is 5.91 Å². The van der Waals surface area contributed by atoms with Gasteiger partial charge in [0.15, 0.2) is 0 Å². The lowest BCUT2D eigenvalue weighted by Gasteiger charge is -2.21. The summed E-state index contributed by atoms with van der Waals surface area (Å²) in [5.74, 6) is -1.90. The highest BCUT2D eigenvalue weighted by molar-refractivity contribution is 7.92. The van der Waals surface area contributed by atoms with E-state index in [0.717, 1.165) is 18.0 Å². The van der Waals surface area contributed by atoms with E-state index in [-0.39, 0.29) is 11.5 Å². The lowest BCUT2D eigenvalue weighted by molar-refractivity contribution is -0.119. The highest BCUT2D eigenvalue weighted by Gasteiger charge is 2.23. The summed E-state index contributed by atoms with van der Waals surface area (Å²) in [5, 5.41) is 3.88. The van der Waals surface area contributed by atoms with Gasteiger partial charge in [-0.25, -0.2) is 22.6 Å². The Balaban J connectivity index is 1.76. The second kappa shape index (κ2) is 9.31. The van der Waals surface area contributed by atoms with Crippen molar-refractivity contribution in [2.24, 2.45) is 5.10 Å². The zero-order valence-electron chi connectivity index (χ0n) is 17.7. The monoisotopic (exact) mass is 460 g/mol. The zero-order valence-corrected chi connectivity index (χ0v) is 18.5. The molecule has 0 fully saturated rings. The van der Waals surface area contributed by atoms with Crippen molar-refractivity contribution >= 4 is 27.8 Å². The highest BCUT2D eigenvalue weighted by atomic mass is 32.2. The number of hydrogen-bond donors (Lipinski definition) is 1. The normalized spacial score (nSPS) is 11.7. The predicted octanol–water partition coefficient (Wildman–Crippen LogP) is 3.29. The molecule has 2 aromatic carbocycles. The van der Waals surface area contributed by atoms with Crippen LogP contribution in [0.3, 0.4) is 0 Å². The maximum absolute atomic E-state index is 14.2. The van der Waals surface area contributed by atoms with Gasteiger partial charge < -0.3 is 4.57 Å². The third-order valence-electron chi connectivity index (χ3n) is 4.77. The van der Waals surface area contributed by atoms with E-state index >= 15 is 0 Å². The fourth-order valence-electron chi connectivity index (χ4n) is 3.30. The lowest BCUT2D eigenvalue weighted by Crippen LogP contribution is -2.39. The number of aromatic nitrogens is 1. The number of amides is 1. The quantitative estimate of drug-likeness (QED) is 0.434. The third-order valence-corrected chi connectivity index (χ3v) is 5.89. The van der Waals surface area contributed by atoms with Crippen molar-refractivity contribution in [3.8, 4) is 5.69 Å². The molecule has 0 saturated heterocycles. The minimum absolute atomic E-state index is 0.234. The van der Waals surface area contributed by atoms with E-state index in [9.17, 15) is 22.0 Å². The molecule has 1 N–H and O–H groups in total. The van der Waals surface area contributed by atoms with Gasteiger partial charge in [-0.15, -0.1) is 0 Å². The minimum atomic E-state index is -3.91. The molecule has 0 radical (unpaired) electrons. The van der Waals surface area contributed by atoms with Crippen LogP contribution in [0.25, 0.3) is 5.69 Å². The number of nitrogens with one attached hydrogen (secondary N) is 1. The highest BCUT2D eigenvalue weighted by Crippen LogP contribution is 2.22. The minimum Gasteiger partial charge on any atom is -0.315 e. The molecule has 3 rings (SSSR count). The first-order chi connectivity index (χ1) is 15.1. The number of aryl methyl sites for hydroxylation is 1. The summed E-state index contributed by atoms with van der Waals surface area (Å²) in [5.41, 5.74) is 4.51. The fourth-order valence-corrected chi connectivity index (χ4v) is 4.15. The summed E-state index contributed by atoms with van der Waals surface area (Å²) in [4.78, 5) is 12.3. The molecule has 1 amide bonds. The summed E-state index contributed by atoms with van der Waals surface area (Å²) in [6, 6.07) is 13.4. The lowest BCUT2D eigenvalue weighted by atomic mass is 10.2. The second-order valence-corrected chi connectivity index (χ2v) is 9.03. The first-order valence-corrected chi connectivity index (χ1v) is 11.4. The number of hydrogen-bond acceptors (Lipinski definition) is 4. The molecule has 3 aromatic rings. The van der Waals surface area contributed by atoms with Crippen LogP contribution in [0.1, 0.15) is 17.0 Å². The molecule has 0 aliphatic heterocycles. The van der Waals surface area contributed by atoms with Gasteiger partial charge in [0.1, 0.15) is 18.2 Å². The van der Waals surface area contributed by atoms with Crippen molar-refractivity contribution in [1.82, 2.24) is 9.99 Å². The van der Waals surface area contributed by atoms with Crippen LogP contribution in [-0.2, 0) is 14.8 Å². The van der Waals surface area contributed by atoms with Gasteiger partial charge in [-0.3, -0.25) is 9.10 Å². The number of benzene rings is 2. The number of para-hydroxylation sites is 2. The predicted molar refractivity (Wildman–Crippen MR) is 120 cm³/mol. The number of carbonyl (C=O) groups excluding carboxylic acids is 1. The molecule has 168 valence electrons. The van der Waals surface area contributed by atoms with Crippen molar-refractivity contribution in [3.63, 3.8) is 0 Å². The van der Waals surface area contributed by atoms with E-state index in [4.69, 9.17) is 0 Å². The van der Waals surface area contributed by atoms with Crippen LogP contribution in [0.15, 0.2) is 59.7 Å². The van der Waals surface area contributed by atoms with Crippen LogP contribution in [0, 0.1) is 25.5 Å². The Morgan fingerprint density at radius 1 is 1.09 bits per heavy atom. The molecule has 7 nitrogen and oxygen atoms in total. The Morgan fingerprint density at radius 3 is 2.34 bits per heavy atom. The van der Waals surface area contributed by atoms with Crippen LogP contribution in [0.2, 0.25) is 0 Å². The topological polar surface area (TPSA) is 83.8 Å². The Morgan fingerprint density at radius 2 is 1.72 bits per heavy atom. The van der Waals surface area contributed by atoms with Crippen molar-refractivity contribution in [2.75, 3.05) is 17.1 Å². The molecular formula is C22H22F2N4O3S. The van der Waals surface area contributed by atoms with Crippen molar-refractivity contribution in [1.29, 1.82) is 0 Å². The number of anilines is 1. The molecule has 1 heterocycles. The molecule has 32 heavy (non-hydrogen) atoms. The fraction of sp³-hybridized carbons (Fsp3) is 0.182. The van der Waals surface area contributed by atoms with E-state index in [2.05, 4.69) is 10.5 Å². The maximum Gasteiger partial charge on any atom is 0.260 e. The molecule has 0 aliphatic rings. The Kier molecular flexibility index (Phi) is 6.73. The van der Waals surface area contributed by atoms with E-state index in [1.54, 1.807) is 35.8 Å². The average molecular weight is 461 g/mol. The van der Waals surface area contributed by atoms with E-state index < -0.39 is 28.3 Å². The molecule has 0 saturated carbocycles. The van der Waals surface area contributed by atoms with Crippen molar-refractivity contribution in [2.45, 2.75) is 13.8 Å². The molecule has 0 spiro atoms. The first-order valence-electron chi connectivity index (χ1n) is 9.57. The summed E-state index contributed by atoms with van der Waals surface area (Å²) in [6.45, 7) is 2.95. The summed E-state index contributed by atoms with van der Waals surface area (Å²) < 4.78 is 54.8. The van der Waals surface area contributed by atoms with Gasteiger partial charge in [0, 0.05) is 17.0 Å². The molecule has 0 aliphatic carbocycles. The van der Waals surface area contributed by atoms with Crippen LogP contribution in [0.5, 0.6) is 0 Å². The number of hydrazone groups is 1. The van der Waals surface area contributed by atoms with Gasteiger partial charge in [0.2, 0.25) is 10.0 Å². The van der Waals surface area contributed by atoms with Crippen LogP contribution < -0.4 is 9.73 Å². The number of nitrogens with zero attached hydrogens (tertiary/aromatic N) is 3. The first kappa shape index (κ1) is 23.1. The van der Waals surface area contributed by atoms with Crippen LogP contribution in [-0.4, -0.2) is 37.9 Å². The van der Waals surface area contributed by atoms with Crippen LogP contribution >= 0.6 is 0 Å². The van der Waals surface area contributed by atoms with Gasteiger partial charge in [-0.1, -0.05) is 24.3 Å². The molecule has 0 atom stereocenters. The van der Waals surface area contributed by atoms with E-state index in [1.807, 2.05) is 6.92 Å². The molecular weight excluding hydrogens is 438 g/mol. The smallest absolute Gasteiger partial charge is 0.260 e. The number of halogens is 2. The Hall–Kier alpha value is -3.53. The Labute approximate surface area is 185 Å². The van der Waals surface area contributed by atoms with E-state index in [0.29, 0.717) is 21.2 Å². The number of sulfonamides is 1. The molecule has 1 aromatic heterocycles. The molecule has 10 heteroatoms. The standard InChI is InChI=1S/C22H22F2N4O3S/c1-15-12-17(16(2)28(15)21-11-7-5-9-19(21)24)13-25-26-22(29)14-27(32(3,30)31)20-10-6-4-8-18(20)23/h4-13H,14H2,1-3H3,(H,26,29)/b25-13-. The van der Waals surface area contributed by atoms with Gasteiger partial charge in [0.05, 0.1) is 23.8 Å². The SMILES string of the molecule is Cc1cc(/C=N\NC(=O)CN(c2ccccc2F)S(C)(=O)=O)c(C)n1-c1ccccc1F. The number of rotatable bonds is 7. The maximum atomic E-state index is 14.2. The van der Waals surface area contributed by atoms with E-state index in [1.165, 1.54) is 30.5 Å². The summed E-state index contributed by atoms with van der Waals surface area (Å²) >= 11 is 0. The van der Waals surface area contributed by atoms with Gasteiger partial charge in [-0.05, 0) is 44.2 Å². The van der Waals surface area contributed by atoms with Gasteiger partial charge in [-0.2, -0.15) is 5.10 Å². The third kappa shape index (κ3) is 5.02. The second-order valence-electron chi connectivity index (χ2n) is 7.13. The van der Waals surface area contributed by atoms with Crippen molar-refractivity contribution < 1.29 is 22.0 Å². The molecule has 0 bridgehead atoms. The summed E-state index contributed by atoms with van der Waals surface area (Å²) in [7, 11) is -3.91. The Bertz CT molecular complexity index is 1290. The molecule has 0 unspecified atom stereocenters. The van der Waals surface area contributed by atoms with Crippen molar-refractivity contribution in [3.05, 3.63) is 83.2 Å².